The summed E-state index contributed by atoms with van der Waals surface area (Å²) in [6.07, 6.45) is -1.41. The Morgan fingerprint density at radius 1 is 1.10 bits per heavy atom. The minimum Gasteiger partial charge on any atom is -0.481 e. The maximum absolute atomic E-state index is 13.2. The number of hydrogen-bond donors (Lipinski definition) is 4. The van der Waals surface area contributed by atoms with Gasteiger partial charge in [-0.3, -0.25) is 24.3 Å². The maximum Gasteiger partial charge on any atom is 0.307 e. The second-order valence-corrected chi connectivity index (χ2v) is 9.06. The van der Waals surface area contributed by atoms with Crippen LogP contribution in [0.15, 0.2) is 54.6 Å². The minimum atomic E-state index is -4.25. The van der Waals surface area contributed by atoms with Gasteiger partial charge in [-0.25, -0.2) is 0 Å². The fourth-order valence-corrected chi connectivity index (χ4v) is 5.10. The van der Waals surface area contributed by atoms with Gasteiger partial charge in [-0.1, -0.05) is 36.4 Å². The maximum atomic E-state index is 13.2. The number of carboxylic acid groups (broad SMARTS) is 2. The molecule has 0 aromatic heterocycles. The number of nitrogens with zero attached hydrogens (tertiary/aromatic N) is 1. The molecule has 0 aliphatic rings. The predicted molar refractivity (Wildman–Crippen MR) is 109 cm³/mol. The molecular formula is C19H21N2O8P. The van der Waals surface area contributed by atoms with Crippen LogP contribution in [0.3, 0.4) is 0 Å². The third-order valence-corrected chi connectivity index (χ3v) is 6.62. The number of hydrogen-bond acceptors (Lipinski definition) is 6. The van der Waals surface area contributed by atoms with E-state index in [2.05, 4.69) is 5.32 Å². The number of nitro groups is 1. The van der Waals surface area contributed by atoms with Crippen LogP contribution in [-0.2, 0) is 14.2 Å². The Balaban J connectivity index is 2.37. The number of non-ortho nitro benzene ring substituents is 1. The van der Waals surface area contributed by atoms with Crippen LogP contribution in [0.25, 0.3) is 0 Å². The minimum absolute atomic E-state index is 0.213. The Kier molecular flexibility index (Phi) is 7.68. The first-order valence-corrected chi connectivity index (χ1v) is 10.8. The summed E-state index contributed by atoms with van der Waals surface area (Å²) in [5.74, 6) is -5.15. The van der Waals surface area contributed by atoms with Crippen LogP contribution in [0.1, 0.15) is 24.2 Å². The smallest absolute Gasteiger partial charge is 0.307 e. The van der Waals surface area contributed by atoms with Gasteiger partial charge in [0.2, 0.25) is 7.37 Å². The van der Waals surface area contributed by atoms with Gasteiger partial charge in [-0.05, 0) is 18.1 Å². The van der Waals surface area contributed by atoms with E-state index in [0.717, 1.165) is 0 Å². The number of carbonyl (C=O) groups is 2. The van der Waals surface area contributed by atoms with Gasteiger partial charge in [-0.2, -0.15) is 0 Å². The lowest BCUT2D eigenvalue weighted by Gasteiger charge is -2.27. The van der Waals surface area contributed by atoms with Crippen LogP contribution in [0, 0.1) is 16.0 Å². The Labute approximate surface area is 171 Å². The molecule has 0 aliphatic heterocycles. The van der Waals surface area contributed by atoms with E-state index in [4.69, 9.17) is 5.11 Å². The van der Waals surface area contributed by atoms with E-state index in [-0.39, 0.29) is 17.8 Å². The molecule has 4 N–H and O–H groups in total. The van der Waals surface area contributed by atoms with E-state index in [1.165, 1.54) is 24.3 Å². The molecule has 11 heteroatoms. The largest absolute Gasteiger partial charge is 0.481 e. The molecule has 3 unspecified atom stereocenters. The van der Waals surface area contributed by atoms with Crippen molar-refractivity contribution in [1.82, 2.24) is 0 Å². The van der Waals surface area contributed by atoms with Gasteiger partial charge >= 0.3 is 11.9 Å². The average Bonchev–Trinajstić information content (AvgIpc) is 2.69. The number of rotatable bonds is 11. The highest BCUT2D eigenvalue weighted by Gasteiger charge is 2.37. The number of aliphatic carboxylic acids is 2. The van der Waals surface area contributed by atoms with E-state index in [9.17, 15) is 34.3 Å². The number of nitro benzene ring substituents is 1. The predicted octanol–water partition coefficient (Wildman–Crippen LogP) is 3.54. The highest BCUT2D eigenvalue weighted by molar-refractivity contribution is 7.58. The van der Waals surface area contributed by atoms with Crippen molar-refractivity contribution >= 4 is 30.7 Å². The molecule has 0 bridgehead atoms. The van der Waals surface area contributed by atoms with E-state index in [1.807, 2.05) is 0 Å². The quantitative estimate of drug-likeness (QED) is 0.234. The zero-order valence-corrected chi connectivity index (χ0v) is 16.6. The van der Waals surface area contributed by atoms with Crippen LogP contribution < -0.4 is 5.32 Å². The highest BCUT2D eigenvalue weighted by Crippen LogP contribution is 2.57. The lowest BCUT2D eigenvalue weighted by atomic mass is 10.1. The summed E-state index contributed by atoms with van der Waals surface area (Å²) in [5.41, 5.74) is 0.381. The lowest BCUT2D eigenvalue weighted by Crippen LogP contribution is -2.23. The summed E-state index contributed by atoms with van der Waals surface area (Å²) in [6, 6.07) is 13.5. The average molecular weight is 436 g/mol. The van der Waals surface area contributed by atoms with Crippen LogP contribution in [-0.4, -0.2) is 38.1 Å². The molecule has 0 radical (unpaired) electrons. The van der Waals surface area contributed by atoms with Gasteiger partial charge in [0.05, 0.1) is 10.8 Å². The Morgan fingerprint density at radius 3 is 2.33 bits per heavy atom. The van der Waals surface area contributed by atoms with Gasteiger partial charge in [0, 0.05) is 30.4 Å². The third-order valence-electron chi connectivity index (χ3n) is 4.42. The van der Waals surface area contributed by atoms with Gasteiger partial charge < -0.3 is 20.4 Å². The molecule has 3 atom stereocenters. The topological polar surface area (TPSA) is 167 Å². The normalized spacial score (nSPS) is 14.8. The standard InChI is InChI=1S/C19H21N2O8P/c22-17(23)10-9-14(19(24)25)12-30(28,29)18(13-5-2-1-3-6-13)20-15-7-4-8-16(11-15)21(26)27/h1-8,11,14,18,20H,9-10,12H2,(H,22,23)(H,24,25)(H,28,29). The first kappa shape index (κ1) is 23.1. The number of carboxylic acids is 2. The van der Waals surface area contributed by atoms with E-state index < -0.39 is 48.5 Å². The van der Waals surface area contributed by atoms with Crippen LogP contribution in [0.5, 0.6) is 0 Å². The number of anilines is 1. The zero-order chi connectivity index (χ0) is 22.3. The molecule has 10 nitrogen and oxygen atoms in total. The molecule has 2 rings (SSSR count). The van der Waals surface area contributed by atoms with E-state index >= 15 is 0 Å². The van der Waals surface area contributed by atoms with E-state index in [0.29, 0.717) is 5.56 Å². The van der Waals surface area contributed by atoms with Crippen LogP contribution in [0.2, 0.25) is 0 Å². The summed E-state index contributed by atoms with van der Waals surface area (Å²) < 4.78 is 13.2. The molecule has 0 saturated heterocycles. The summed E-state index contributed by atoms with van der Waals surface area (Å²) >= 11 is 0. The van der Waals surface area contributed by atoms with Gasteiger partial charge in [0.25, 0.3) is 5.69 Å². The first-order chi connectivity index (χ1) is 14.1. The SMILES string of the molecule is O=C(O)CCC(CP(=O)(O)C(Nc1cccc([N+](=O)[O-])c1)c1ccccc1)C(=O)O. The molecule has 0 spiro atoms. The molecule has 2 aromatic rings. The monoisotopic (exact) mass is 436 g/mol. The summed E-state index contributed by atoms with van der Waals surface area (Å²) in [6.45, 7) is 0. The molecule has 160 valence electrons. The highest BCUT2D eigenvalue weighted by atomic mass is 31.2. The van der Waals surface area contributed by atoms with Crippen molar-refractivity contribution in [2.45, 2.75) is 18.6 Å². The van der Waals surface area contributed by atoms with Crippen molar-refractivity contribution < 1.29 is 34.2 Å². The summed E-state index contributed by atoms with van der Waals surface area (Å²) in [7, 11) is -4.25. The lowest BCUT2D eigenvalue weighted by molar-refractivity contribution is -0.384. The second kappa shape index (κ2) is 10.00. The van der Waals surface area contributed by atoms with Crippen molar-refractivity contribution in [1.29, 1.82) is 0 Å². The molecule has 30 heavy (non-hydrogen) atoms. The Hall–Kier alpha value is -3.23. The van der Waals surface area contributed by atoms with Crippen LogP contribution >= 0.6 is 7.37 Å². The second-order valence-electron chi connectivity index (χ2n) is 6.67. The Morgan fingerprint density at radius 2 is 1.77 bits per heavy atom. The summed E-state index contributed by atoms with van der Waals surface area (Å²) in [4.78, 5) is 43.5. The van der Waals surface area contributed by atoms with Crippen molar-refractivity contribution in [2.75, 3.05) is 11.5 Å². The van der Waals surface area contributed by atoms with Crippen molar-refractivity contribution in [3.63, 3.8) is 0 Å². The first-order valence-electron chi connectivity index (χ1n) is 8.92. The third kappa shape index (κ3) is 6.40. The van der Waals surface area contributed by atoms with Gasteiger partial charge in [-0.15, -0.1) is 0 Å². The zero-order valence-electron chi connectivity index (χ0n) is 15.7. The molecule has 0 amide bonds. The van der Waals surface area contributed by atoms with Crippen LogP contribution in [0.4, 0.5) is 11.4 Å². The number of nitrogens with one attached hydrogen (secondary N) is 1. The molecule has 0 saturated carbocycles. The van der Waals surface area contributed by atoms with Gasteiger partial charge in [0.1, 0.15) is 5.78 Å². The van der Waals surface area contributed by atoms with Gasteiger partial charge in [0.15, 0.2) is 0 Å². The van der Waals surface area contributed by atoms with Crippen molar-refractivity contribution in [3.05, 3.63) is 70.3 Å². The molecule has 0 aliphatic carbocycles. The molecule has 2 aromatic carbocycles. The fraction of sp³-hybridized carbons (Fsp3) is 0.263. The molecular weight excluding hydrogens is 415 g/mol. The van der Waals surface area contributed by atoms with E-state index in [1.54, 1.807) is 30.3 Å². The fourth-order valence-electron chi connectivity index (χ4n) is 2.93. The van der Waals surface area contributed by atoms with Crippen molar-refractivity contribution in [3.8, 4) is 0 Å². The Bertz CT molecular complexity index is 966. The molecule has 0 heterocycles. The summed E-state index contributed by atoms with van der Waals surface area (Å²) in [5, 5.41) is 32.0. The van der Waals surface area contributed by atoms with Crippen molar-refractivity contribution in [2.24, 2.45) is 5.92 Å². The molecule has 0 fully saturated rings. The number of benzene rings is 2.